The first kappa shape index (κ1) is 10.2. The zero-order valence-corrected chi connectivity index (χ0v) is 9.61. The van der Waals surface area contributed by atoms with E-state index in [1.165, 1.54) is 6.39 Å². The summed E-state index contributed by atoms with van der Waals surface area (Å²) in [6.45, 7) is 0. The number of hydrogen-bond donors (Lipinski definition) is 1. The highest BCUT2D eigenvalue weighted by molar-refractivity contribution is 6.35. The van der Waals surface area contributed by atoms with Crippen molar-refractivity contribution in [3.8, 4) is 11.1 Å². The molecule has 0 unspecified atom stereocenters. The Labute approximate surface area is 103 Å². The Kier molecular flexibility index (Phi) is 2.27. The van der Waals surface area contributed by atoms with Crippen LogP contribution < -0.4 is 5.73 Å². The molecule has 1 aromatic heterocycles. The maximum Gasteiger partial charge on any atom is 0.182 e. The van der Waals surface area contributed by atoms with E-state index in [1.807, 2.05) is 24.3 Å². The minimum atomic E-state index is 0.615. The predicted octanol–water partition coefficient (Wildman–Crippen LogP) is 3.73. The molecule has 0 aliphatic rings. The molecule has 0 spiro atoms. The monoisotopic (exact) mass is 244 g/mol. The van der Waals surface area contributed by atoms with E-state index in [9.17, 15) is 0 Å². The lowest BCUT2D eigenvalue weighted by molar-refractivity contribution is 0.602. The van der Waals surface area contributed by atoms with Gasteiger partial charge in [0.15, 0.2) is 12.0 Å². The van der Waals surface area contributed by atoms with Crippen LogP contribution in [0.1, 0.15) is 0 Å². The molecule has 2 N–H and O–H groups in total. The van der Waals surface area contributed by atoms with E-state index in [-0.39, 0.29) is 0 Å². The number of para-hydroxylation sites is 1. The summed E-state index contributed by atoms with van der Waals surface area (Å²) in [6, 6.07) is 11.1. The number of benzene rings is 2. The summed E-state index contributed by atoms with van der Waals surface area (Å²) in [6.07, 6.45) is 1.41. The molecule has 84 valence electrons. The van der Waals surface area contributed by atoms with Crippen molar-refractivity contribution in [2.75, 3.05) is 5.73 Å². The molecule has 0 amide bonds. The van der Waals surface area contributed by atoms with Gasteiger partial charge < -0.3 is 10.2 Å². The number of nitrogen functional groups attached to an aromatic ring is 1. The Morgan fingerprint density at radius 1 is 1.12 bits per heavy atom. The van der Waals surface area contributed by atoms with Crippen molar-refractivity contribution >= 4 is 28.4 Å². The summed E-state index contributed by atoms with van der Waals surface area (Å²) in [5, 5.41) is 0.615. The molecular weight excluding hydrogens is 236 g/mol. The van der Waals surface area contributed by atoms with Gasteiger partial charge in [-0.25, -0.2) is 4.98 Å². The fraction of sp³-hybridized carbons (Fsp3) is 0. The van der Waals surface area contributed by atoms with E-state index in [2.05, 4.69) is 4.98 Å². The van der Waals surface area contributed by atoms with Gasteiger partial charge in [-0.15, -0.1) is 0 Å². The van der Waals surface area contributed by atoms with Crippen LogP contribution in [0.2, 0.25) is 5.02 Å². The summed E-state index contributed by atoms with van der Waals surface area (Å²) in [7, 11) is 0. The second kappa shape index (κ2) is 3.79. The minimum absolute atomic E-state index is 0.615. The van der Waals surface area contributed by atoms with Crippen molar-refractivity contribution in [2.24, 2.45) is 0 Å². The average Bonchev–Trinajstić information content (AvgIpc) is 2.79. The third-order valence-electron chi connectivity index (χ3n) is 2.68. The molecule has 0 aliphatic carbocycles. The molecule has 17 heavy (non-hydrogen) atoms. The van der Waals surface area contributed by atoms with Gasteiger partial charge in [0.25, 0.3) is 0 Å². The number of oxazole rings is 1. The normalized spacial score (nSPS) is 10.9. The van der Waals surface area contributed by atoms with E-state index in [4.69, 9.17) is 21.8 Å². The maximum atomic E-state index is 6.23. The van der Waals surface area contributed by atoms with Crippen LogP contribution in [-0.4, -0.2) is 4.98 Å². The molecule has 2 aromatic carbocycles. The van der Waals surface area contributed by atoms with Crippen LogP contribution in [0.15, 0.2) is 47.2 Å². The van der Waals surface area contributed by atoms with E-state index in [0.29, 0.717) is 16.3 Å². The van der Waals surface area contributed by atoms with Gasteiger partial charge in [-0.2, -0.15) is 0 Å². The highest BCUT2D eigenvalue weighted by atomic mass is 35.5. The average molecular weight is 245 g/mol. The molecule has 0 bridgehead atoms. The first-order valence-electron chi connectivity index (χ1n) is 5.14. The zero-order valence-electron chi connectivity index (χ0n) is 8.85. The number of anilines is 1. The third-order valence-corrected chi connectivity index (χ3v) is 3.00. The fourth-order valence-electron chi connectivity index (χ4n) is 1.89. The number of nitrogens with two attached hydrogens (primary N) is 1. The number of nitrogens with zero attached hydrogens (tertiary/aromatic N) is 1. The molecule has 0 radical (unpaired) electrons. The van der Waals surface area contributed by atoms with E-state index < -0.39 is 0 Å². The van der Waals surface area contributed by atoms with Crippen LogP contribution in [0, 0.1) is 0 Å². The summed E-state index contributed by atoms with van der Waals surface area (Å²) in [5.74, 6) is 0. The lowest BCUT2D eigenvalue weighted by atomic mass is 10.0. The second-order valence-electron chi connectivity index (χ2n) is 3.71. The zero-order chi connectivity index (χ0) is 11.8. The van der Waals surface area contributed by atoms with Crippen molar-refractivity contribution < 1.29 is 4.42 Å². The van der Waals surface area contributed by atoms with Crippen LogP contribution in [0.5, 0.6) is 0 Å². The fourth-order valence-corrected chi connectivity index (χ4v) is 2.14. The Morgan fingerprint density at radius 3 is 2.76 bits per heavy atom. The number of fused-ring (bicyclic) bond motifs is 1. The molecule has 0 fully saturated rings. The summed E-state index contributed by atoms with van der Waals surface area (Å²) in [4.78, 5) is 4.19. The molecule has 3 aromatic rings. The van der Waals surface area contributed by atoms with Gasteiger partial charge in [-0.05, 0) is 18.2 Å². The molecule has 0 aliphatic heterocycles. The van der Waals surface area contributed by atoms with Crippen molar-refractivity contribution in [3.05, 3.63) is 47.8 Å². The van der Waals surface area contributed by atoms with Crippen LogP contribution in [0.4, 0.5) is 5.69 Å². The van der Waals surface area contributed by atoms with Crippen LogP contribution >= 0.6 is 11.6 Å². The van der Waals surface area contributed by atoms with Crippen LogP contribution in [0.3, 0.4) is 0 Å². The Hall–Kier alpha value is -2.00. The van der Waals surface area contributed by atoms with Gasteiger partial charge in [-0.3, -0.25) is 0 Å². The lowest BCUT2D eigenvalue weighted by Crippen LogP contribution is -1.90. The molecule has 3 rings (SSSR count). The molecular formula is C13H9ClN2O. The highest BCUT2D eigenvalue weighted by Crippen LogP contribution is 2.37. The third kappa shape index (κ3) is 1.56. The van der Waals surface area contributed by atoms with Gasteiger partial charge in [0.2, 0.25) is 0 Å². The Balaban J connectivity index is 2.40. The van der Waals surface area contributed by atoms with E-state index in [0.717, 1.165) is 16.6 Å². The van der Waals surface area contributed by atoms with Gasteiger partial charge in [0.1, 0.15) is 5.52 Å². The summed E-state index contributed by atoms with van der Waals surface area (Å²) < 4.78 is 5.26. The SMILES string of the molecule is Nc1ccccc1-c1c(Cl)ccc2ocnc12. The van der Waals surface area contributed by atoms with Gasteiger partial charge >= 0.3 is 0 Å². The van der Waals surface area contributed by atoms with Crippen molar-refractivity contribution in [2.45, 2.75) is 0 Å². The number of rotatable bonds is 1. The lowest BCUT2D eigenvalue weighted by Gasteiger charge is -2.07. The minimum Gasteiger partial charge on any atom is -0.443 e. The van der Waals surface area contributed by atoms with E-state index >= 15 is 0 Å². The molecule has 3 nitrogen and oxygen atoms in total. The molecule has 4 heteroatoms. The number of halogens is 1. The van der Waals surface area contributed by atoms with E-state index in [1.54, 1.807) is 12.1 Å². The highest BCUT2D eigenvalue weighted by Gasteiger charge is 2.13. The quantitative estimate of drug-likeness (QED) is 0.664. The topological polar surface area (TPSA) is 52.0 Å². The standard InChI is InChI=1S/C13H9ClN2O/c14-9-5-6-11-13(16-7-17-11)12(9)8-3-1-2-4-10(8)15/h1-7H,15H2. The van der Waals surface area contributed by atoms with Crippen LogP contribution in [0.25, 0.3) is 22.2 Å². The van der Waals surface area contributed by atoms with Crippen LogP contribution in [-0.2, 0) is 0 Å². The van der Waals surface area contributed by atoms with Gasteiger partial charge in [-0.1, -0.05) is 29.8 Å². The Morgan fingerprint density at radius 2 is 1.94 bits per heavy atom. The molecule has 0 saturated carbocycles. The molecule has 1 heterocycles. The second-order valence-corrected chi connectivity index (χ2v) is 4.12. The van der Waals surface area contributed by atoms with Crippen molar-refractivity contribution in [3.63, 3.8) is 0 Å². The largest absolute Gasteiger partial charge is 0.443 e. The summed E-state index contributed by atoms with van der Waals surface area (Å²) >= 11 is 6.23. The number of hydrogen-bond acceptors (Lipinski definition) is 3. The molecule has 0 atom stereocenters. The first-order chi connectivity index (χ1) is 8.27. The maximum absolute atomic E-state index is 6.23. The van der Waals surface area contributed by atoms with Crippen molar-refractivity contribution in [1.82, 2.24) is 4.98 Å². The van der Waals surface area contributed by atoms with Crippen molar-refractivity contribution in [1.29, 1.82) is 0 Å². The first-order valence-corrected chi connectivity index (χ1v) is 5.52. The number of aromatic nitrogens is 1. The smallest absolute Gasteiger partial charge is 0.182 e. The Bertz CT molecular complexity index is 691. The predicted molar refractivity (Wildman–Crippen MR) is 68.9 cm³/mol. The summed E-state index contributed by atoms with van der Waals surface area (Å²) in [5.41, 5.74) is 9.76. The van der Waals surface area contributed by atoms with Gasteiger partial charge in [0.05, 0.1) is 5.02 Å². The molecule has 0 saturated heterocycles. The van der Waals surface area contributed by atoms with Gasteiger partial charge in [0, 0.05) is 16.8 Å².